The smallest absolute Gasteiger partial charge is 0.267 e. The van der Waals surface area contributed by atoms with E-state index in [0.29, 0.717) is 5.56 Å². The standard InChI is InChI=1S/C16H19BrN2O/c1-11-8-14(10-16(2,3)9-11)18-19-15(20)12-4-6-13(17)7-5-12/h4-8H,9-10H2,1-3H3,(H,19,20). The Morgan fingerprint density at radius 1 is 1.25 bits per heavy atom. The minimum atomic E-state index is -0.181. The molecule has 1 N–H and O–H groups in total. The molecule has 4 heteroatoms. The molecule has 0 atom stereocenters. The fourth-order valence-corrected chi connectivity index (χ4v) is 2.82. The van der Waals surface area contributed by atoms with Crippen molar-refractivity contribution in [1.82, 2.24) is 5.43 Å². The highest BCUT2D eigenvalue weighted by Gasteiger charge is 2.24. The maximum atomic E-state index is 12.0. The number of amides is 1. The van der Waals surface area contributed by atoms with Crippen LogP contribution in [0.5, 0.6) is 0 Å². The van der Waals surface area contributed by atoms with E-state index in [2.05, 4.69) is 53.3 Å². The summed E-state index contributed by atoms with van der Waals surface area (Å²) in [5.74, 6) is -0.181. The molecule has 0 unspecified atom stereocenters. The van der Waals surface area contributed by atoms with E-state index in [-0.39, 0.29) is 11.3 Å². The number of hydrogen-bond acceptors (Lipinski definition) is 2. The minimum Gasteiger partial charge on any atom is -0.267 e. The van der Waals surface area contributed by atoms with Gasteiger partial charge in [0.2, 0.25) is 0 Å². The molecule has 20 heavy (non-hydrogen) atoms. The van der Waals surface area contributed by atoms with E-state index in [9.17, 15) is 4.79 Å². The summed E-state index contributed by atoms with van der Waals surface area (Å²) in [7, 11) is 0. The molecule has 106 valence electrons. The maximum absolute atomic E-state index is 12.0. The Hall–Kier alpha value is -1.42. The van der Waals surface area contributed by atoms with Crippen molar-refractivity contribution in [3.8, 4) is 0 Å². The van der Waals surface area contributed by atoms with Crippen LogP contribution in [0, 0.1) is 5.41 Å². The maximum Gasteiger partial charge on any atom is 0.271 e. The molecule has 0 aromatic heterocycles. The van der Waals surface area contributed by atoms with Crippen molar-refractivity contribution in [3.05, 3.63) is 46.0 Å². The van der Waals surface area contributed by atoms with E-state index in [1.807, 2.05) is 12.1 Å². The summed E-state index contributed by atoms with van der Waals surface area (Å²) in [6.45, 7) is 6.54. The second-order valence-corrected chi connectivity index (χ2v) is 6.98. The monoisotopic (exact) mass is 334 g/mol. The predicted octanol–water partition coefficient (Wildman–Crippen LogP) is 4.30. The largest absolute Gasteiger partial charge is 0.271 e. The number of benzene rings is 1. The van der Waals surface area contributed by atoms with E-state index in [0.717, 1.165) is 23.0 Å². The molecule has 0 bridgehead atoms. The molecule has 0 saturated carbocycles. The van der Waals surface area contributed by atoms with Crippen LogP contribution in [0.1, 0.15) is 44.0 Å². The van der Waals surface area contributed by atoms with Crippen molar-refractivity contribution in [1.29, 1.82) is 0 Å². The molecule has 1 amide bonds. The fourth-order valence-electron chi connectivity index (χ4n) is 2.55. The quantitative estimate of drug-likeness (QED) is 0.805. The van der Waals surface area contributed by atoms with Crippen LogP contribution in [0.25, 0.3) is 0 Å². The number of hydrogen-bond donors (Lipinski definition) is 1. The van der Waals surface area contributed by atoms with Crippen molar-refractivity contribution < 1.29 is 4.79 Å². The summed E-state index contributed by atoms with van der Waals surface area (Å²) in [5.41, 5.74) is 5.69. The number of hydrazone groups is 1. The van der Waals surface area contributed by atoms with Crippen molar-refractivity contribution in [2.75, 3.05) is 0 Å². The van der Waals surface area contributed by atoms with Crippen molar-refractivity contribution in [2.24, 2.45) is 10.5 Å². The van der Waals surface area contributed by atoms with Gasteiger partial charge in [-0.1, -0.05) is 35.4 Å². The van der Waals surface area contributed by atoms with Gasteiger partial charge in [0.05, 0.1) is 5.71 Å². The van der Waals surface area contributed by atoms with Gasteiger partial charge in [-0.25, -0.2) is 5.43 Å². The van der Waals surface area contributed by atoms with Gasteiger partial charge in [-0.05, 0) is 55.5 Å². The lowest BCUT2D eigenvalue weighted by Crippen LogP contribution is -2.25. The lowest BCUT2D eigenvalue weighted by atomic mass is 9.77. The molecular formula is C16H19BrN2O. The molecule has 3 nitrogen and oxygen atoms in total. The van der Waals surface area contributed by atoms with Crippen LogP contribution in [0.4, 0.5) is 0 Å². The molecule has 2 rings (SSSR count). The van der Waals surface area contributed by atoms with Crippen LogP contribution in [-0.2, 0) is 0 Å². The first-order valence-electron chi connectivity index (χ1n) is 6.65. The molecular weight excluding hydrogens is 316 g/mol. The summed E-state index contributed by atoms with van der Waals surface area (Å²) >= 11 is 3.35. The third kappa shape index (κ3) is 4.04. The summed E-state index contributed by atoms with van der Waals surface area (Å²) < 4.78 is 0.952. The van der Waals surface area contributed by atoms with Gasteiger partial charge in [0.1, 0.15) is 0 Å². The molecule has 1 aromatic rings. The predicted molar refractivity (Wildman–Crippen MR) is 85.8 cm³/mol. The van der Waals surface area contributed by atoms with Crippen LogP contribution in [-0.4, -0.2) is 11.6 Å². The summed E-state index contributed by atoms with van der Waals surface area (Å²) in [5, 5.41) is 4.26. The Labute approximate surface area is 128 Å². The summed E-state index contributed by atoms with van der Waals surface area (Å²) in [6, 6.07) is 7.22. The molecule has 0 aliphatic heterocycles. The zero-order valence-electron chi connectivity index (χ0n) is 12.0. The van der Waals surface area contributed by atoms with E-state index in [1.165, 1.54) is 5.57 Å². The summed E-state index contributed by atoms with van der Waals surface area (Å²) in [4.78, 5) is 12.0. The number of nitrogens with zero attached hydrogens (tertiary/aromatic N) is 1. The molecule has 0 spiro atoms. The van der Waals surface area contributed by atoms with Crippen molar-refractivity contribution >= 4 is 27.5 Å². The zero-order valence-corrected chi connectivity index (χ0v) is 13.6. The van der Waals surface area contributed by atoms with E-state index in [4.69, 9.17) is 0 Å². The number of carbonyl (C=O) groups excluding carboxylic acids is 1. The third-order valence-electron chi connectivity index (χ3n) is 3.24. The van der Waals surface area contributed by atoms with Crippen LogP contribution >= 0.6 is 15.9 Å². The number of allylic oxidation sites excluding steroid dienone is 2. The normalized spacial score (nSPS) is 19.6. The van der Waals surface area contributed by atoms with E-state index < -0.39 is 0 Å². The van der Waals surface area contributed by atoms with Gasteiger partial charge in [0.25, 0.3) is 5.91 Å². The molecule has 1 aliphatic rings. The van der Waals surface area contributed by atoms with Gasteiger partial charge in [0.15, 0.2) is 0 Å². The highest BCUT2D eigenvalue weighted by molar-refractivity contribution is 9.10. The fraction of sp³-hybridized carbons (Fsp3) is 0.375. The highest BCUT2D eigenvalue weighted by Crippen LogP contribution is 2.33. The molecule has 1 aliphatic carbocycles. The number of halogens is 1. The number of carbonyl (C=O) groups is 1. The minimum absolute atomic E-state index is 0.181. The average Bonchev–Trinajstić information content (AvgIpc) is 2.34. The topological polar surface area (TPSA) is 41.5 Å². The Bertz CT molecular complexity index is 571. The first-order valence-corrected chi connectivity index (χ1v) is 7.45. The molecule has 0 saturated heterocycles. The van der Waals surface area contributed by atoms with Crippen LogP contribution < -0.4 is 5.43 Å². The van der Waals surface area contributed by atoms with Gasteiger partial charge in [-0.3, -0.25) is 4.79 Å². The van der Waals surface area contributed by atoms with Crippen LogP contribution in [0.3, 0.4) is 0 Å². The Morgan fingerprint density at radius 2 is 1.90 bits per heavy atom. The number of rotatable bonds is 2. The van der Waals surface area contributed by atoms with Crippen molar-refractivity contribution in [3.63, 3.8) is 0 Å². The van der Waals surface area contributed by atoms with E-state index >= 15 is 0 Å². The second kappa shape index (κ2) is 5.92. The molecule has 1 aromatic carbocycles. The Kier molecular flexibility index (Phi) is 4.43. The van der Waals surface area contributed by atoms with Gasteiger partial charge in [-0.2, -0.15) is 5.10 Å². The van der Waals surface area contributed by atoms with Gasteiger partial charge in [-0.15, -0.1) is 0 Å². The van der Waals surface area contributed by atoms with Gasteiger partial charge < -0.3 is 0 Å². The number of nitrogens with one attached hydrogen (secondary N) is 1. The SMILES string of the molecule is CC1=CC(=NNC(=O)c2ccc(Br)cc2)CC(C)(C)C1. The van der Waals surface area contributed by atoms with E-state index in [1.54, 1.807) is 12.1 Å². The summed E-state index contributed by atoms with van der Waals surface area (Å²) in [6.07, 6.45) is 4.02. The first-order chi connectivity index (χ1) is 9.35. The van der Waals surface area contributed by atoms with Crippen LogP contribution in [0.2, 0.25) is 0 Å². The third-order valence-corrected chi connectivity index (χ3v) is 3.77. The Balaban J connectivity index is 2.07. The highest BCUT2D eigenvalue weighted by atomic mass is 79.9. The Morgan fingerprint density at radius 3 is 2.50 bits per heavy atom. The van der Waals surface area contributed by atoms with Crippen LogP contribution in [0.15, 0.2) is 45.5 Å². The average molecular weight is 335 g/mol. The molecule has 0 radical (unpaired) electrons. The molecule has 0 heterocycles. The van der Waals surface area contributed by atoms with Gasteiger partial charge >= 0.3 is 0 Å². The first kappa shape index (κ1) is 15.0. The van der Waals surface area contributed by atoms with Gasteiger partial charge in [0, 0.05) is 10.0 Å². The lowest BCUT2D eigenvalue weighted by Gasteiger charge is -2.29. The second-order valence-electron chi connectivity index (χ2n) is 6.06. The zero-order chi connectivity index (χ0) is 14.8. The lowest BCUT2D eigenvalue weighted by molar-refractivity contribution is 0.0954. The van der Waals surface area contributed by atoms with Crippen molar-refractivity contribution in [2.45, 2.75) is 33.6 Å². The molecule has 0 fully saturated rings.